The maximum Gasteiger partial charge on any atom is 0.324 e. The lowest BCUT2D eigenvalue weighted by molar-refractivity contribution is 0.0358. The molecule has 3 heterocycles. The zero-order chi connectivity index (χ0) is 26.1. The largest absolute Gasteiger partial charge is 0.492 e. The number of hydrogen-bond acceptors (Lipinski definition) is 7. The number of morpholine rings is 1. The van der Waals surface area contributed by atoms with Crippen LogP contribution in [0.3, 0.4) is 0 Å². The number of pyridine rings is 1. The summed E-state index contributed by atoms with van der Waals surface area (Å²) in [4.78, 5) is 19.1. The number of nitrogens with zero attached hydrogens (tertiary/aromatic N) is 3. The lowest BCUT2D eigenvalue weighted by atomic mass is 9.93. The van der Waals surface area contributed by atoms with Crippen molar-refractivity contribution >= 4 is 11.8 Å². The number of nitrogens with one attached hydrogen (secondary N) is 2. The van der Waals surface area contributed by atoms with Gasteiger partial charge in [0.05, 0.1) is 26.0 Å². The highest BCUT2D eigenvalue weighted by molar-refractivity contribution is 5.89. The van der Waals surface area contributed by atoms with E-state index in [4.69, 9.17) is 14.0 Å². The summed E-state index contributed by atoms with van der Waals surface area (Å²) in [5.74, 6) is 8.13. The average molecular weight is 506 g/mol. The van der Waals surface area contributed by atoms with Crippen LogP contribution in [-0.4, -0.2) is 60.5 Å². The van der Waals surface area contributed by atoms with Crippen LogP contribution in [0.25, 0.3) is 0 Å². The van der Waals surface area contributed by atoms with E-state index in [1.54, 1.807) is 12.3 Å². The van der Waals surface area contributed by atoms with Crippen molar-refractivity contribution in [1.82, 2.24) is 20.4 Å². The van der Waals surface area contributed by atoms with Crippen molar-refractivity contribution in [3.63, 3.8) is 0 Å². The topological polar surface area (TPSA) is 102 Å². The Kier molecular flexibility index (Phi) is 8.99. The van der Waals surface area contributed by atoms with Gasteiger partial charge in [-0.15, -0.1) is 0 Å². The van der Waals surface area contributed by atoms with Gasteiger partial charge in [-0.1, -0.05) is 31.8 Å². The Morgan fingerprint density at radius 3 is 2.65 bits per heavy atom. The molecule has 0 aromatic carbocycles. The van der Waals surface area contributed by atoms with Gasteiger partial charge in [-0.2, -0.15) is 0 Å². The Balaban J connectivity index is 1.20. The van der Waals surface area contributed by atoms with Crippen molar-refractivity contribution in [2.75, 3.05) is 44.8 Å². The van der Waals surface area contributed by atoms with Gasteiger partial charge in [-0.3, -0.25) is 10.2 Å². The van der Waals surface area contributed by atoms with E-state index in [1.807, 2.05) is 45.1 Å². The van der Waals surface area contributed by atoms with E-state index in [1.165, 1.54) is 0 Å². The van der Waals surface area contributed by atoms with Crippen molar-refractivity contribution in [3.05, 3.63) is 59.3 Å². The third kappa shape index (κ3) is 8.48. The van der Waals surface area contributed by atoms with Crippen LogP contribution in [0.1, 0.15) is 51.5 Å². The summed E-state index contributed by atoms with van der Waals surface area (Å²) in [6.45, 7) is 11.4. The van der Waals surface area contributed by atoms with E-state index in [0.717, 1.165) is 62.7 Å². The van der Waals surface area contributed by atoms with Crippen molar-refractivity contribution < 1.29 is 18.8 Å². The normalized spacial score (nSPS) is 16.2. The van der Waals surface area contributed by atoms with Crippen LogP contribution in [0.15, 0.2) is 52.3 Å². The van der Waals surface area contributed by atoms with Gasteiger partial charge in [0, 0.05) is 42.4 Å². The van der Waals surface area contributed by atoms with Crippen LogP contribution >= 0.6 is 0 Å². The Bertz CT molecular complexity index is 1180. The Morgan fingerprint density at radius 1 is 1.14 bits per heavy atom. The number of urea groups is 1. The van der Waals surface area contributed by atoms with Gasteiger partial charge in [-0.25, -0.2) is 9.78 Å². The number of allylic oxidation sites excluding steroid dienone is 4. The molecule has 2 aliphatic rings. The summed E-state index contributed by atoms with van der Waals surface area (Å²) >= 11 is 0. The average Bonchev–Trinajstić information content (AvgIpc) is 3.37. The molecule has 2 N–H and O–H groups in total. The highest BCUT2D eigenvalue weighted by Crippen LogP contribution is 2.24. The number of amides is 2. The fourth-order valence-electron chi connectivity index (χ4n) is 3.81. The first kappa shape index (κ1) is 26.5. The van der Waals surface area contributed by atoms with E-state index in [2.05, 4.69) is 37.5 Å². The Labute approximate surface area is 218 Å². The fraction of sp³-hybridized carbons (Fsp3) is 0.464. The van der Waals surface area contributed by atoms with Gasteiger partial charge in [0.25, 0.3) is 0 Å². The SMILES string of the molecule is CC(C)(C)c1cc(NC(=O)NC2=CC=C(C#Cc3ccc(OCCCN4CCOCC4)cn3)CC2)no1. The summed E-state index contributed by atoms with van der Waals surface area (Å²) in [7, 11) is 0. The third-order valence-corrected chi connectivity index (χ3v) is 5.99. The van der Waals surface area contributed by atoms with E-state index in [-0.39, 0.29) is 11.4 Å². The minimum Gasteiger partial charge on any atom is -0.492 e. The Hall–Kier alpha value is -3.61. The highest BCUT2D eigenvalue weighted by atomic mass is 16.5. The molecule has 9 nitrogen and oxygen atoms in total. The van der Waals surface area contributed by atoms with Gasteiger partial charge in [-0.05, 0) is 49.5 Å². The molecule has 4 rings (SSSR count). The first-order valence-corrected chi connectivity index (χ1v) is 12.7. The van der Waals surface area contributed by atoms with Gasteiger partial charge in [0.1, 0.15) is 17.2 Å². The molecule has 0 radical (unpaired) electrons. The lowest BCUT2D eigenvalue weighted by Gasteiger charge is -2.26. The minimum absolute atomic E-state index is 0.175. The van der Waals surface area contributed by atoms with Crippen LogP contribution in [0, 0.1) is 11.8 Å². The zero-order valence-electron chi connectivity index (χ0n) is 21.8. The molecule has 196 valence electrons. The summed E-state index contributed by atoms with van der Waals surface area (Å²) in [6.07, 6.45) is 7.91. The molecule has 37 heavy (non-hydrogen) atoms. The molecule has 2 aromatic heterocycles. The quantitative estimate of drug-likeness (QED) is 0.429. The van der Waals surface area contributed by atoms with Crippen LogP contribution in [0.4, 0.5) is 10.6 Å². The number of anilines is 1. The second kappa shape index (κ2) is 12.6. The molecular weight excluding hydrogens is 470 g/mol. The smallest absolute Gasteiger partial charge is 0.324 e. The minimum atomic E-state index is -0.351. The summed E-state index contributed by atoms with van der Waals surface area (Å²) in [6, 6.07) is 5.16. The van der Waals surface area contributed by atoms with E-state index < -0.39 is 0 Å². The van der Waals surface area contributed by atoms with Crippen molar-refractivity contribution in [2.45, 2.75) is 45.4 Å². The first-order chi connectivity index (χ1) is 17.8. The van der Waals surface area contributed by atoms with Gasteiger partial charge < -0.3 is 19.3 Å². The molecule has 0 saturated carbocycles. The molecule has 1 fully saturated rings. The lowest BCUT2D eigenvalue weighted by Crippen LogP contribution is -2.37. The number of aromatic nitrogens is 2. The standard InChI is InChI=1S/C28H35N5O4/c1-28(2,3)25-19-26(32-37-25)31-27(34)30-23-9-6-21(7-10-23)5-8-22-11-12-24(20-29-22)36-16-4-13-33-14-17-35-18-15-33/h6,9,11-12,19-20H,4,7,10,13-18H2,1-3H3,(H2,30,31,32,34). The number of rotatable bonds is 7. The molecular formula is C28H35N5O4. The van der Waals surface area contributed by atoms with Crippen molar-refractivity contribution in [1.29, 1.82) is 0 Å². The van der Waals surface area contributed by atoms with Crippen LogP contribution in [-0.2, 0) is 10.2 Å². The van der Waals surface area contributed by atoms with Crippen LogP contribution in [0.5, 0.6) is 5.75 Å². The van der Waals surface area contributed by atoms with Gasteiger partial charge in [0.2, 0.25) is 0 Å². The molecule has 0 bridgehead atoms. The second-order valence-corrected chi connectivity index (χ2v) is 10.1. The van der Waals surface area contributed by atoms with E-state index in [0.29, 0.717) is 30.3 Å². The molecule has 1 aliphatic carbocycles. The summed E-state index contributed by atoms with van der Waals surface area (Å²) in [5, 5.41) is 9.47. The van der Waals surface area contributed by atoms with Crippen molar-refractivity contribution in [2.24, 2.45) is 0 Å². The second-order valence-electron chi connectivity index (χ2n) is 10.1. The van der Waals surface area contributed by atoms with E-state index >= 15 is 0 Å². The molecule has 0 spiro atoms. The first-order valence-electron chi connectivity index (χ1n) is 12.7. The highest BCUT2D eigenvalue weighted by Gasteiger charge is 2.20. The molecule has 0 unspecified atom stereocenters. The number of carbonyl (C=O) groups excluding carboxylic acids is 1. The fourth-order valence-corrected chi connectivity index (χ4v) is 3.81. The third-order valence-electron chi connectivity index (χ3n) is 5.99. The maximum absolute atomic E-state index is 12.3. The predicted molar refractivity (Wildman–Crippen MR) is 141 cm³/mol. The molecule has 1 saturated heterocycles. The van der Waals surface area contributed by atoms with Crippen molar-refractivity contribution in [3.8, 4) is 17.6 Å². The summed E-state index contributed by atoms with van der Waals surface area (Å²) < 4.78 is 16.5. The molecule has 2 amide bonds. The number of carbonyl (C=O) groups is 1. The van der Waals surface area contributed by atoms with Gasteiger partial charge >= 0.3 is 6.03 Å². The predicted octanol–water partition coefficient (Wildman–Crippen LogP) is 4.25. The van der Waals surface area contributed by atoms with Crippen LogP contribution in [0.2, 0.25) is 0 Å². The number of hydrogen-bond donors (Lipinski definition) is 2. The van der Waals surface area contributed by atoms with E-state index in [9.17, 15) is 4.79 Å². The maximum atomic E-state index is 12.3. The van der Waals surface area contributed by atoms with Gasteiger partial charge in [0.15, 0.2) is 5.82 Å². The molecule has 0 atom stereocenters. The molecule has 9 heteroatoms. The van der Waals surface area contributed by atoms with Crippen LogP contribution < -0.4 is 15.4 Å². The monoisotopic (exact) mass is 505 g/mol. The zero-order valence-corrected chi connectivity index (χ0v) is 21.8. The molecule has 1 aliphatic heterocycles. The summed E-state index contributed by atoms with van der Waals surface area (Å²) in [5.41, 5.74) is 2.32. The molecule has 2 aromatic rings. The Morgan fingerprint density at radius 2 is 1.97 bits per heavy atom. The number of ether oxygens (including phenoxy) is 2.